The first kappa shape index (κ1) is 21.6. The molecule has 0 bridgehead atoms. The van der Waals surface area contributed by atoms with E-state index in [0.29, 0.717) is 17.8 Å². The van der Waals surface area contributed by atoms with Crippen LogP contribution in [0.15, 0.2) is 85.2 Å². The normalized spacial score (nSPS) is 14.2. The molecule has 0 radical (unpaired) electrons. The first-order valence-electron chi connectivity index (χ1n) is 12.3. The Kier molecular flexibility index (Phi) is 5.80. The summed E-state index contributed by atoms with van der Waals surface area (Å²) in [6.45, 7) is 4.83. The Hall–Kier alpha value is -3.90. The van der Waals surface area contributed by atoms with Crippen molar-refractivity contribution in [2.75, 3.05) is 19.6 Å². The summed E-state index contributed by atoms with van der Waals surface area (Å²) in [5.41, 5.74) is 3.57. The van der Waals surface area contributed by atoms with Gasteiger partial charge in [-0.2, -0.15) is 5.10 Å². The molecule has 5 aromatic rings. The van der Waals surface area contributed by atoms with Crippen LogP contribution >= 0.6 is 0 Å². The minimum Gasteiger partial charge on any atom is -0.489 e. The second-order valence-corrected chi connectivity index (χ2v) is 9.25. The number of nitrogens with one attached hydrogen (secondary N) is 1. The Morgan fingerprint density at radius 3 is 2.54 bits per heavy atom. The topological polar surface area (TPSA) is 59.1 Å². The van der Waals surface area contributed by atoms with Crippen molar-refractivity contribution in [1.82, 2.24) is 19.2 Å². The Balaban J connectivity index is 1.16. The van der Waals surface area contributed by atoms with Gasteiger partial charge in [-0.05, 0) is 72.6 Å². The third-order valence-corrected chi connectivity index (χ3v) is 6.88. The number of hydrogen-bond donors (Lipinski definition) is 1. The quantitative estimate of drug-likeness (QED) is 0.364. The van der Waals surface area contributed by atoms with Gasteiger partial charge in [0.05, 0.1) is 18.3 Å². The SMILES string of the molecule is N=c1cc(OCc2ccc3ccccc3c2)ccn1-c1ccc2c(cnn2CCN2CCCC2)c1. The number of rotatable bonds is 7. The van der Waals surface area contributed by atoms with Gasteiger partial charge in [0.1, 0.15) is 17.8 Å². The number of fused-ring (bicyclic) bond motifs is 2. The largest absolute Gasteiger partial charge is 0.489 e. The van der Waals surface area contributed by atoms with Crippen molar-refractivity contribution in [1.29, 1.82) is 5.41 Å². The highest BCUT2D eigenvalue weighted by molar-refractivity contribution is 5.83. The van der Waals surface area contributed by atoms with Gasteiger partial charge in [0.2, 0.25) is 0 Å². The molecule has 6 nitrogen and oxygen atoms in total. The maximum Gasteiger partial charge on any atom is 0.133 e. The fourth-order valence-electron chi connectivity index (χ4n) is 4.94. The van der Waals surface area contributed by atoms with E-state index in [2.05, 4.69) is 63.2 Å². The highest BCUT2D eigenvalue weighted by Crippen LogP contribution is 2.20. The molecule has 0 amide bonds. The number of benzene rings is 3. The summed E-state index contributed by atoms with van der Waals surface area (Å²) in [6.07, 6.45) is 6.44. The summed E-state index contributed by atoms with van der Waals surface area (Å²) in [4.78, 5) is 2.51. The maximum atomic E-state index is 8.57. The molecule has 0 atom stereocenters. The van der Waals surface area contributed by atoms with Crippen molar-refractivity contribution in [3.63, 3.8) is 0 Å². The predicted octanol–water partition coefficient (Wildman–Crippen LogP) is 5.13. The molecule has 0 unspecified atom stereocenters. The van der Waals surface area contributed by atoms with Crippen LogP contribution < -0.4 is 10.2 Å². The summed E-state index contributed by atoms with van der Waals surface area (Å²) >= 11 is 0. The number of aromatic nitrogens is 3. The summed E-state index contributed by atoms with van der Waals surface area (Å²) in [6, 6.07) is 24.6. The van der Waals surface area contributed by atoms with E-state index in [1.807, 2.05) is 35.2 Å². The molecule has 3 heterocycles. The molecule has 1 saturated heterocycles. The van der Waals surface area contributed by atoms with E-state index in [-0.39, 0.29) is 0 Å². The van der Waals surface area contributed by atoms with Crippen LogP contribution in [0, 0.1) is 5.41 Å². The second kappa shape index (κ2) is 9.39. The summed E-state index contributed by atoms with van der Waals surface area (Å²) < 4.78 is 9.96. The molecule has 1 N–H and O–H groups in total. The van der Waals surface area contributed by atoms with Crippen molar-refractivity contribution in [3.05, 3.63) is 96.2 Å². The van der Waals surface area contributed by atoms with E-state index >= 15 is 0 Å². The van der Waals surface area contributed by atoms with Gasteiger partial charge >= 0.3 is 0 Å². The molecule has 2 aromatic heterocycles. The van der Waals surface area contributed by atoms with E-state index in [1.54, 1.807) is 6.07 Å². The molecule has 0 aliphatic carbocycles. The smallest absolute Gasteiger partial charge is 0.133 e. The lowest BCUT2D eigenvalue weighted by molar-refractivity contribution is 0.305. The zero-order valence-corrected chi connectivity index (χ0v) is 19.7. The monoisotopic (exact) mass is 463 g/mol. The van der Waals surface area contributed by atoms with Crippen LogP contribution in [0.4, 0.5) is 0 Å². The lowest BCUT2D eigenvalue weighted by Gasteiger charge is -2.14. The number of hydrogen-bond acceptors (Lipinski definition) is 4. The third-order valence-electron chi connectivity index (χ3n) is 6.88. The van der Waals surface area contributed by atoms with Crippen LogP contribution in [0.2, 0.25) is 0 Å². The van der Waals surface area contributed by atoms with Gasteiger partial charge in [0.15, 0.2) is 0 Å². The zero-order chi connectivity index (χ0) is 23.6. The van der Waals surface area contributed by atoms with Gasteiger partial charge < -0.3 is 14.2 Å². The third kappa shape index (κ3) is 4.57. The zero-order valence-electron chi connectivity index (χ0n) is 19.7. The van der Waals surface area contributed by atoms with Crippen LogP contribution in [0.1, 0.15) is 18.4 Å². The van der Waals surface area contributed by atoms with Crippen molar-refractivity contribution < 1.29 is 4.74 Å². The lowest BCUT2D eigenvalue weighted by Crippen LogP contribution is -2.24. The molecule has 0 spiro atoms. The average Bonchev–Trinajstić information content (AvgIpc) is 3.56. The maximum absolute atomic E-state index is 8.57. The van der Waals surface area contributed by atoms with Crippen LogP contribution in [0.25, 0.3) is 27.4 Å². The van der Waals surface area contributed by atoms with Crippen LogP contribution in [0.3, 0.4) is 0 Å². The van der Waals surface area contributed by atoms with Crippen molar-refractivity contribution in [2.24, 2.45) is 0 Å². The molecular weight excluding hydrogens is 434 g/mol. The Bertz CT molecular complexity index is 1540. The summed E-state index contributed by atoms with van der Waals surface area (Å²) in [5, 5.41) is 16.7. The fourth-order valence-corrected chi connectivity index (χ4v) is 4.94. The molecular formula is C29H29N5O. The van der Waals surface area contributed by atoms with Gasteiger partial charge in [-0.1, -0.05) is 36.4 Å². The van der Waals surface area contributed by atoms with Crippen molar-refractivity contribution in [3.8, 4) is 11.4 Å². The van der Waals surface area contributed by atoms with E-state index in [4.69, 9.17) is 10.1 Å². The highest BCUT2D eigenvalue weighted by atomic mass is 16.5. The Morgan fingerprint density at radius 1 is 0.829 bits per heavy atom. The summed E-state index contributed by atoms with van der Waals surface area (Å²) in [7, 11) is 0. The van der Waals surface area contributed by atoms with Gasteiger partial charge in [-0.25, -0.2) is 0 Å². The van der Waals surface area contributed by atoms with E-state index < -0.39 is 0 Å². The minimum absolute atomic E-state index is 0.377. The lowest BCUT2D eigenvalue weighted by atomic mass is 10.1. The standard InChI is InChI=1S/C29H29N5O/c30-29-19-27(35-21-22-7-8-23-5-1-2-6-24(23)17-22)11-14-33(29)26-9-10-28-25(18-26)20-31-34(28)16-15-32-12-3-4-13-32/h1-2,5-11,14,17-20,30H,3-4,12-13,15-16,21H2. The first-order valence-corrected chi connectivity index (χ1v) is 12.3. The van der Waals surface area contributed by atoms with Crippen molar-refractivity contribution >= 4 is 21.7 Å². The van der Waals surface area contributed by atoms with Gasteiger partial charge in [0, 0.05) is 29.9 Å². The van der Waals surface area contributed by atoms with Gasteiger partial charge in [-0.15, -0.1) is 0 Å². The molecule has 0 saturated carbocycles. The van der Waals surface area contributed by atoms with Crippen LogP contribution in [-0.2, 0) is 13.2 Å². The van der Waals surface area contributed by atoms with Gasteiger partial charge in [-0.3, -0.25) is 10.1 Å². The number of likely N-dealkylation sites (tertiary alicyclic amines) is 1. The molecule has 1 fully saturated rings. The number of ether oxygens (including phenoxy) is 1. The van der Waals surface area contributed by atoms with Crippen molar-refractivity contribution in [2.45, 2.75) is 26.0 Å². The second-order valence-electron chi connectivity index (χ2n) is 9.25. The Labute approximate surface area is 204 Å². The molecule has 3 aromatic carbocycles. The average molecular weight is 464 g/mol. The highest BCUT2D eigenvalue weighted by Gasteiger charge is 2.12. The predicted molar refractivity (Wildman–Crippen MR) is 139 cm³/mol. The van der Waals surface area contributed by atoms with E-state index in [0.717, 1.165) is 35.2 Å². The summed E-state index contributed by atoms with van der Waals surface area (Å²) in [5.74, 6) is 0.690. The van der Waals surface area contributed by atoms with Crippen LogP contribution in [-0.4, -0.2) is 38.9 Å². The van der Waals surface area contributed by atoms with E-state index in [9.17, 15) is 0 Å². The van der Waals surface area contributed by atoms with Gasteiger partial charge in [0.25, 0.3) is 0 Å². The molecule has 1 aliphatic rings. The molecule has 176 valence electrons. The molecule has 6 rings (SSSR count). The molecule has 35 heavy (non-hydrogen) atoms. The first-order chi connectivity index (χ1) is 17.2. The number of nitrogens with zero attached hydrogens (tertiary/aromatic N) is 4. The number of pyridine rings is 1. The van der Waals surface area contributed by atoms with E-state index in [1.165, 1.54) is 36.7 Å². The fraction of sp³-hybridized carbons (Fsp3) is 0.241. The minimum atomic E-state index is 0.377. The molecule has 1 aliphatic heterocycles. The Morgan fingerprint density at radius 2 is 1.69 bits per heavy atom. The van der Waals surface area contributed by atoms with Crippen LogP contribution in [0.5, 0.6) is 5.75 Å². The molecule has 6 heteroatoms.